The highest BCUT2D eigenvalue weighted by molar-refractivity contribution is 7.89. The molecule has 2 aromatic rings. The minimum absolute atomic E-state index is 0.298. The highest BCUT2D eigenvalue weighted by Gasteiger charge is 2.21. The molecule has 0 unspecified atom stereocenters. The van der Waals surface area contributed by atoms with E-state index in [2.05, 4.69) is 4.72 Å². The zero-order valence-corrected chi connectivity index (χ0v) is 15.5. The first-order valence-electron chi connectivity index (χ1n) is 8.16. The van der Waals surface area contributed by atoms with Gasteiger partial charge in [-0.15, -0.1) is 0 Å². The molecule has 0 fully saturated rings. The van der Waals surface area contributed by atoms with E-state index in [0.717, 1.165) is 23.3 Å². The molecule has 24 heavy (non-hydrogen) atoms. The van der Waals surface area contributed by atoms with E-state index in [1.165, 1.54) is 0 Å². The van der Waals surface area contributed by atoms with E-state index >= 15 is 0 Å². The first kappa shape index (κ1) is 18.5. The molecule has 0 amide bonds. The fourth-order valence-electron chi connectivity index (χ4n) is 2.53. The molecule has 130 valence electrons. The standard InChI is InChI=1S/C19H25NO3S/c1-5-11-23-18-12-15(3)19(13-14(18)2)24(21,22)20-16(4)17-9-7-6-8-10-17/h6-10,12-13,16,20H,5,11H2,1-4H3/t16-/m0/s1. The smallest absolute Gasteiger partial charge is 0.241 e. The Balaban J connectivity index is 2.27. The van der Waals surface area contributed by atoms with Crippen LogP contribution in [-0.2, 0) is 10.0 Å². The quantitative estimate of drug-likeness (QED) is 0.819. The number of rotatable bonds is 7. The van der Waals surface area contributed by atoms with E-state index in [4.69, 9.17) is 4.74 Å². The second kappa shape index (κ2) is 7.81. The number of aryl methyl sites for hydroxylation is 2. The van der Waals surface area contributed by atoms with Gasteiger partial charge in [0.1, 0.15) is 5.75 Å². The van der Waals surface area contributed by atoms with Gasteiger partial charge in [-0.1, -0.05) is 37.3 Å². The second-order valence-corrected chi connectivity index (χ2v) is 7.67. The Morgan fingerprint density at radius 1 is 1.08 bits per heavy atom. The van der Waals surface area contributed by atoms with E-state index in [0.29, 0.717) is 17.1 Å². The number of sulfonamides is 1. The Bertz CT molecular complexity index is 786. The van der Waals surface area contributed by atoms with Crippen molar-refractivity contribution >= 4 is 10.0 Å². The number of benzene rings is 2. The van der Waals surface area contributed by atoms with Crippen molar-refractivity contribution in [3.05, 3.63) is 59.2 Å². The third-order valence-corrected chi connectivity index (χ3v) is 5.54. The highest BCUT2D eigenvalue weighted by atomic mass is 32.2. The van der Waals surface area contributed by atoms with Crippen LogP contribution in [0.1, 0.15) is 43.0 Å². The molecule has 0 aliphatic rings. The Morgan fingerprint density at radius 3 is 2.38 bits per heavy atom. The van der Waals surface area contributed by atoms with Gasteiger partial charge < -0.3 is 4.74 Å². The van der Waals surface area contributed by atoms with Crippen molar-refractivity contribution < 1.29 is 13.2 Å². The summed E-state index contributed by atoms with van der Waals surface area (Å²) in [4.78, 5) is 0.298. The van der Waals surface area contributed by atoms with Crippen LogP contribution in [0.5, 0.6) is 5.75 Å². The molecule has 0 saturated carbocycles. The topological polar surface area (TPSA) is 55.4 Å². The van der Waals surface area contributed by atoms with Gasteiger partial charge in [0.2, 0.25) is 10.0 Å². The summed E-state index contributed by atoms with van der Waals surface area (Å²) < 4.78 is 33.9. The van der Waals surface area contributed by atoms with Gasteiger partial charge in [0, 0.05) is 6.04 Å². The summed E-state index contributed by atoms with van der Waals surface area (Å²) in [6.45, 7) is 8.16. The van der Waals surface area contributed by atoms with Crippen LogP contribution in [0.2, 0.25) is 0 Å². The summed E-state index contributed by atoms with van der Waals surface area (Å²) in [5.41, 5.74) is 2.43. The van der Waals surface area contributed by atoms with Gasteiger partial charge in [-0.05, 0) is 56.0 Å². The zero-order valence-electron chi connectivity index (χ0n) is 14.7. The fourth-order valence-corrected chi connectivity index (χ4v) is 4.07. The molecule has 2 rings (SSSR count). The van der Waals surface area contributed by atoms with Gasteiger partial charge in [0.25, 0.3) is 0 Å². The van der Waals surface area contributed by atoms with Crippen LogP contribution >= 0.6 is 0 Å². The van der Waals surface area contributed by atoms with Crippen molar-refractivity contribution in [1.82, 2.24) is 4.72 Å². The van der Waals surface area contributed by atoms with Crippen molar-refractivity contribution in [2.24, 2.45) is 0 Å². The van der Waals surface area contributed by atoms with Gasteiger partial charge in [0.15, 0.2) is 0 Å². The Morgan fingerprint density at radius 2 is 1.75 bits per heavy atom. The van der Waals surface area contributed by atoms with Crippen LogP contribution < -0.4 is 9.46 Å². The molecule has 0 bridgehead atoms. The van der Waals surface area contributed by atoms with E-state index in [9.17, 15) is 8.42 Å². The molecule has 0 heterocycles. The van der Waals surface area contributed by atoms with Crippen LogP contribution in [0.4, 0.5) is 0 Å². The SMILES string of the molecule is CCCOc1cc(C)c(S(=O)(=O)N[C@@H](C)c2ccccc2)cc1C. The average molecular weight is 347 g/mol. The third-order valence-electron chi connectivity index (χ3n) is 3.86. The van der Waals surface area contributed by atoms with Crippen LogP contribution in [0.3, 0.4) is 0 Å². The molecular formula is C19H25NO3S. The normalized spacial score (nSPS) is 12.8. The summed E-state index contributed by atoms with van der Waals surface area (Å²) >= 11 is 0. The maximum Gasteiger partial charge on any atom is 0.241 e. The Kier molecular flexibility index (Phi) is 6.02. The number of nitrogens with one attached hydrogen (secondary N) is 1. The van der Waals surface area contributed by atoms with Crippen LogP contribution in [0, 0.1) is 13.8 Å². The molecule has 0 aliphatic carbocycles. The first-order valence-corrected chi connectivity index (χ1v) is 9.64. The lowest BCUT2D eigenvalue weighted by Crippen LogP contribution is -2.27. The van der Waals surface area contributed by atoms with E-state index in [1.54, 1.807) is 19.1 Å². The molecule has 0 saturated heterocycles. The lowest BCUT2D eigenvalue weighted by Gasteiger charge is -2.17. The minimum Gasteiger partial charge on any atom is -0.493 e. The van der Waals surface area contributed by atoms with Crippen molar-refractivity contribution in [3.8, 4) is 5.75 Å². The molecule has 2 aromatic carbocycles. The molecule has 1 N–H and O–H groups in total. The van der Waals surface area contributed by atoms with Crippen LogP contribution in [0.15, 0.2) is 47.4 Å². The molecule has 0 aliphatic heterocycles. The fraction of sp³-hybridized carbons (Fsp3) is 0.368. The van der Waals surface area contributed by atoms with Crippen molar-refractivity contribution in [3.63, 3.8) is 0 Å². The van der Waals surface area contributed by atoms with Crippen molar-refractivity contribution in [2.45, 2.75) is 45.1 Å². The Hall–Kier alpha value is -1.85. The molecule has 0 aromatic heterocycles. The molecule has 0 radical (unpaired) electrons. The van der Waals surface area contributed by atoms with E-state index < -0.39 is 10.0 Å². The van der Waals surface area contributed by atoms with Crippen molar-refractivity contribution in [2.75, 3.05) is 6.61 Å². The lowest BCUT2D eigenvalue weighted by atomic mass is 10.1. The molecule has 0 spiro atoms. The summed E-state index contributed by atoms with van der Waals surface area (Å²) in [7, 11) is -3.60. The zero-order chi connectivity index (χ0) is 17.7. The van der Waals surface area contributed by atoms with Crippen LogP contribution in [0.25, 0.3) is 0 Å². The maximum atomic E-state index is 12.8. The molecule has 4 nitrogen and oxygen atoms in total. The predicted octanol–water partition coefficient (Wildman–Crippen LogP) is 4.13. The van der Waals surface area contributed by atoms with Gasteiger partial charge in [-0.25, -0.2) is 13.1 Å². The third kappa shape index (κ3) is 4.36. The van der Waals surface area contributed by atoms with Crippen LogP contribution in [-0.4, -0.2) is 15.0 Å². The summed E-state index contributed by atoms with van der Waals surface area (Å²) in [5, 5.41) is 0. The monoisotopic (exact) mass is 347 g/mol. The highest BCUT2D eigenvalue weighted by Crippen LogP contribution is 2.27. The number of hydrogen-bond acceptors (Lipinski definition) is 3. The van der Waals surface area contributed by atoms with Gasteiger partial charge in [0.05, 0.1) is 11.5 Å². The lowest BCUT2D eigenvalue weighted by molar-refractivity contribution is 0.315. The number of hydrogen-bond donors (Lipinski definition) is 1. The number of ether oxygens (including phenoxy) is 1. The second-order valence-electron chi connectivity index (χ2n) is 5.99. The molecular weight excluding hydrogens is 322 g/mol. The van der Waals surface area contributed by atoms with E-state index in [-0.39, 0.29) is 6.04 Å². The molecule has 1 atom stereocenters. The van der Waals surface area contributed by atoms with Gasteiger partial charge >= 0.3 is 0 Å². The first-order chi connectivity index (χ1) is 11.3. The van der Waals surface area contributed by atoms with E-state index in [1.807, 2.05) is 51.1 Å². The van der Waals surface area contributed by atoms with Gasteiger partial charge in [-0.3, -0.25) is 0 Å². The largest absolute Gasteiger partial charge is 0.493 e. The summed E-state index contributed by atoms with van der Waals surface area (Å²) in [6.07, 6.45) is 0.911. The maximum absolute atomic E-state index is 12.8. The van der Waals surface area contributed by atoms with Crippen molar-refractivity contribution in [1.29, 1.82) is 0 Å². The summed E-state index contributed by atoms with van der Waals surface area (Å²) in [5.74, 6) is 0.740. The van der Waals surface area contributed by atoms with Gasteiger partial charge in [-0.2, -0.15) is 0 Å². The molecule has 5 heteroatoms. The Labute approximate surface area is 144 Å². The summed E-state index contributed by atoms with van der Waals surface area (Å²) in [6, 6.07) is 12.7. The minimum atomic E-state index is -3.60. The predicted molar refractivity (Wildman–Crippen MR) is 96.9 cm³/mol. The average Bonchev–Trinajstić information content (AvgIpc) is 2.55.